The van der Waals surface area contributed by atoms with Crippen molar-refractivity contribution in [3.05, 3.63) is 0 Å². The summed E-state index contributed by atoms with van der Waals surface area (Å²) < 4.78 is 16.4. The van der Waals surface area contributed by atoms with Gasteiger partial charge in [-0.1, -0.05) is 0 Å². The van der Waals surface area contributed by atoms with Crippen LogP contribution >= 0.6 is 0 Å². The van der Waals surface area contributed by atoms with Crippen molar-refractivity contribution in [2.24, 2.45) is 0 Å². The van der Waals surface area contributed by atoms with Gasteiger partial charge in [-0.2, -0.15) is 0 Å². The molecule has 0 aromatic rings. The van der Waals surface area contributed by atoms with Gasteiger partial charge in [-0.15, -0.1) is 0 Å². The highest BCUT2D eigenvalue weighted by molar-refractivity contribution is 4.84. The molecule has 3 unspecified atom stereocenters. The summed E-state index contributed by atoms with van der Waals surface area (Å²) >= 11 is 0. The third-order valence-electron chi connectivity index (χ3n) is 2.67. The van der Waals surface area contributed by atoms with Crippen molar-refractivity contribution in [1.29, 1.82) is 0 Å². The number of rotatable bonds is 4. The van der Waals surface area contributed by atoms with E-state index in [4.69, 9.17) is 14.2 Å². The lowest BCUT2D eigenvalue weighted by molar-refractivity contribution is -0.136. The molecule has 1 rings (SSSR count). The first kappa shape index (κ1) is 11.0. The first-order valence-corrected chi connectivity index (χ1v) is 5.00. The molecule has 0 N–H and O–H groups in total. The molecular formula is C10H20O3. The molecule has 1 aliphatic rings. The van der Waals surface area contributed by atoms with Crippen molar-refractivity contribution >= 4 is 0 Å². The molecule has 0 bridgehead atoms. The third kappa shape index (κ3) is 2.66. The maximum atomic E-state index is 5.61. The average molecular weight is 188 g/mol. The Hall–Kier alpha value is -0.120. The Morgan fingerprint density at radius 3 is 2.31 bits per heavy atom. The van der Waals surface area contributed by atoms with Gasteiger partial charge in [0.05, 0.1) is 12.2 Å². The molecule has 0 radical (unpaired) electrons. The third-order valence-corrected chi connectivity index (χ3v) is 2.67. The van der Waals surface area contributed by atoms with Gasteiger partial charge in [-0.05, 0) is 26.2 Å². The molecule has 0 aliphatic heterocycles. The Balaban J connectivity index is 2.50. The lowest BCUT2D eigenvalue weighted by Crippen LogP contribution is -2.44. The summed E-state index contributed by atoms with van der Waals surface area (Å²) in [6.45, 7) is 2.77. The molecule has 0 aromatic heterocycles. The van der Waals surface area contributed by atoms with Crippen LogP contribution in [0.15, 0.2) is 0 Å². The van der Waals surface area contributed by atoms with Gasteiger partial charge in [-0.25, -0.2) is 0 Å². The number of ether oxygens (including phenoxy) is 3. The quantitative estimate of drug-likeness (QED) is 0.670. The predicted molar refractivity (Wildman–Crippen MR) is 50.9 cm³/mol. The summed E-state index contributed by atoms with van der Waals surface area (Å²) in [6.07, 6.45) is 3.87. The van der Waals surface area contributed by atoms with E-state index in [1.165, 1.54) is 6.42 Å². The predicted octanol–water partition coefficient (Wildman–Crippen LogP) is 1.61. The second-order valence-corrected chi connectivity index (χ2v) is 3.40. The fourth-order valence-corrected chi connectivity index (χ4v) is 2.04. The molecule has 0 saturated heterocycles. The maximum Gasteiger partial charge on any atom is 0.109 e. The molecule has 1 fully saturated rings. The van der Waals surface area contributed by atoms with Gasteiger partial charge in [0.15, 0.2) is 0 Å². The van der Waals surface area contributed by atoms with E-state index in [1.54, 1.807) is 14.2 Å². The summed E-state index contributed by atoms with van der Waals surface area (Å²) in [5.74, 6) is 0. The number of hydrogen-bond acceptors (Lipinski definition) is 3. The van der Waals surface area contributed by atoms with E-state index in [1.807, 2.05) is 6.92 Å². The van der Waals surface area contributed by atoms with Crippen LogP contribution in [0.5, 0.6) is 0 Å². The zero-order valence-electron chi connectivity index (χ0n) is 8.79. The Labute approximate surface area is 80.4 Å². The van der Waals surface area contributed by atoms with Gasteiger partial charge in [0.1, 0.15) is 6.10 Å². The normalized spacial score (nSPS) is 34.8. The molecule has 0 aromatic carbocycles. The summed E-state index contributed by atoms with van der Waals surface area (Å²) in [4.78, 5) is 0. The van der Waals surface area contributed by atoms with Gasteiger partial charge < -0.3 is 14.2 Å². The van der Waals surface area contributed by atoms with Crippen LogP contribution in [0.2, 0.25) is 0 Å². The van der Waals surface area contributed by atoms with E-state index < -0.39 is 0 Å². The highest BCUT2D eigenvalue weighted by Crippen LogP contribution is 2.25. The molecule has 3 nitrogen and oxygen atoms in total. The van der Waals surface area contributed by atoms with Crippen LogP contribution in [0.4, 0.5) is 0 Å². The zero-order chi connectivity index (χ0) is 9.68. The Morgan fingerprint density at radius 1 is 1.08 bits per heavy atom. The summed E-state index contributed by atoms with van der Waals surface area (Å²) in [5.41, 5.74) is 0. The van der Waals surface area contributed by atoms with Gasteiger partial charge >= 0.3 is 0 Å². The summed E-state index contributed by atoms with van der Waals surface area (Å²) in [5, 5.41) is 0. The van der Waals surface area contributed by atoms with Gasteiger partial charge in [0.2, 0.25) is 0 Å². The van der Waals surface area contributed by atoms with Crippen LogP contribution in [-0.4, -0.2) is 39.1 Å². The molecule has 0 spiro atoms. The molecular weight excluding hydrogens is 168 g/mol. The van der Waals surface area contributed by atoms with Crippen molar-refractivity contribution in [2.45, 2.75) is 44.5 Å². The van der Waals surface area contributed by atoms with Crippen molar-refractivity contribution in [3.8, 4) is 0 Å². The largest absolute Gasteiger partial charge is 0.379 e. The lowest BCUT2D eigenvalue weighted by atomic mass is 9.91. The summed E-state index contributed by atoms with van der Waals surface area (Å²) in [7, 11) is 3.47. The SMILES string of the molecule is CCOC1CCCC(OC)C1OC. The van der Waals surface area contributed by atoms with E-state index >= 15 is 0 Å². The maximum absolute atomic E-state index is 5.61. The zero-order valence-corrected chi connectivity index (χ0v) is 8.79. The van der Waals surface area contributed by atoms with Crippen molar-refractivity contribution in [3.63, 3.8) is 0 Å². The topological polar surface area (TPSA) is 27.7 Å². The minimum absolute atomic E-state index is 0.110. The van der Waals surface area contributed by atoms with Crippen LogP contribution in [0, 0.1) is 0 Å². The van der Waals surface area contributed by atoms with E-state index in [9.17, 15) is 0 Å². The minimum Gasteiger partial charge on any atom is -0.379 e. The fraction of sp³-hybridized carbons (Fsp3) is 1.00. The Kier molecular flexibility index (Phi) is 4.70. The molecule has 78 valence electrons. The lowest BCUT2D eigenvalue weighted by Gasteiger charge is -2.35. The molecule has 3 atom stereocenters. The molecule has 0 amide bonds. The highest BCUT2D eigenvalue weighted by Gasteiger charge is 2.33. The first-order valence-electron chi connectivity index (χ1n) is 5.00. The number of hydrogen-bond donors (Lipinski definition) is 0. The van der Waals surface area contributed by atoms with Crippen molar-refractivity contribution in [2.75, 3.05) is 20.8 Å². The van der Waals surface area contributed by atoms with E-state index in [0.717, 1.165) is 19.4 Å². The van der Waals surface area contributed by atoms with Crippen LogP contribution in [0.25, 0.3) is 0 Å². The fourth-order valence-electron chi connectivity index (χ4n) is 2.04. The average Bonchev–Trinajstić information content (AvgIpc) is 2.18. The monoisotopic (exact) mass is 188 g/mol. The van der Waals surface area contributed by atoms with Gasteiger partial charge in [-0.3, -0.25) is 0 Å². The minimum atomic E-state index is 0.110. The van der Waals surface area contributed by atoms with Crippen LogP contribution in [0.3, 0.4) is 0 Å². The second kappa shape index (κ2) is 5.58. The number of methoxy groups -OCH3 is 2. The van der Waals surface area contributed by atoms with E-state index in [-0.39, 0.29) is 18.3 Å². The standard InChI is InChI=1S/C10H20O3/c1-4-13-9-7-5-6-8(11-2)10(9)12-3/h8-10H,4-7H2,1-3H3. The smallest absolute Gasteiger partial charge is 0.109 e. The molecule has 13 heavy (non-hydrogen) atoms. The highest BCUT2D eigenvalue weighted by atomic mass is 16.6. The Morgan fingerprint density at radius 2 is 1.77 bits per heavy atom. The van der Waals surface area contributed by atoms with Gasteiger partial charge in [0.25, 0.3) is 0 Å². The molecule has 0 heterocycles. The Bertz CT molecular complexity index is 136. The van der Waals surface area contributed by atoms with Crippen molar-refractivity contribution < 1.29 is 14.2 Å². The van der Waals surface area contributed by atoms with Crippen LogP contribution in [-0.2, 0) is 14.2 Å². The first-order chi connectivity index (χ1) is 6.33. The van der Waals surface area contributed by atoms with E-state index in [0.29, 0.717) is 0 Å². The van der Waals surface area contributed by atoms with E-state index in [2.05, 4.69) is 0 Å². The van der Waals surface area contributed by atoms with Crippen LogP contribution < -0.4 is 0 Å². The summed E-state index contributed by atoms with van der Waals surface area (Å²) in [6, 6.07) is 0. The van der Waals surface area contributed by atoms with Crippen LogP contribution in [0.1, 0.15) is 26.2 Å². The van der Waals surface area contributed by atoms with Gasteiger partial charge in [0, 0.05) is 20.8 Å². The van der Waals surface area contributed by atoms with Crippen molar-refractivity contribution in [1.82, 2.24) is 0 Å². The molecule has 1 saturated carbocycles. The molecule has 3 heteroatoms. The molecule has 1 aliphatic carbocycles. The second-order valence-electron chi connectivity index (χ2n) is 3.40.